The van der Waals surface area contributed by atoms with Crippen molar-refractivity contribution in [3.05, 3.63) is 47.8 Å². The third kappa shape index (κ3) is 1.48. The SMILES string of the molecule is Cn1ccnc1NC1CCc2ccccc21. The monoisotopic (exact) mass is 213 g/mol. The standard InChI is InChI=1S/C13H15N3/c1-16-9-8-14-13(16)15-12-7-6-10-4-2-3-5-11(10)12/h2-5,8-9,12H,6-7H2,1H3,(H,14,15). The average molecular weight is 213 g/mol. The Bertz CT molecular complexity index is 501. The first kappa shape index (κ1) is 9.46. The van der Waals surface area contributed by atoms with E-state index in [4.69, 9.17) is 0 Å². The molecule has 1 aliphatic rings. The van der Waals surface area contributed by atoms with Crippen molar-refractivity contribution in [3.63, 3.8) is 0 Å². The molecule has 1 N–H and O–H groups in total. The van der Waals surface area contributed by atoms with E-state index in [1.54, 1.807) is 0 Å². The van der Waals surface area contributed by atoms with Gasteiger partial charge in [0, 0.05) is 19.4 Å². The van der Waals surface area contributed by atoms with Gasteiger partial charge in [-0.25, -0.2) is 4.98 Å². The van der Waals surface area contributed by atoms with Gasteiger partial charge in [-0.15, -0.1) is 0 Å². The van der Waals surface area contributed by atoms with E-state index in [1.807, 2.05) is 24.0 Å². The lowest BCUT2D eigenvalue weighted by Gasteiger charge is -2.14. The van der Waals surface area contributed by atoms with Crippen LogP contribution >= 0.6 is 0 Å². The molecule has 0 saturated carbocycles. The molecule has 0 saturated heterocycles. The number of imidazole rings is 1. The third-order valence-electron chi connectivity index (χ3n) is 3.26. The van der Waals surface area contributed by atoms with Crippen LogP contribution in [0.2, 0.25) is 0 Å². The second-order valence-electron chi connectivity index (χ2n) is 4.30. The minimum atomic E-state index is 0.414. The van der Waals surface area contributed by atoms with Gasteiger partial charge in [0.25, 0.3) is 0 Å². The van der Waals surface area contributed by atoms with Crippen LogP contribution in [0.25, 0.3) is 0 Å². The maximum atomic E-state index is 4.30. The predicted octanol–water partition coefficient (Wildman–Crippen LogP) is 2.52. The van der Waals surface area contributed by atoms with Gasteiger partial charge in [-0.2, -0.15) is 0 Å². The van der Waals surface area contributed by atoms with E-state index in [2.05, 4.69) is 34.6 Å². The summed E-state index contributed by atoms with van der Waals surface area (Å²) in [5.41, 5.74) is 2.89. The molecule has 2 aromatic rings. The minimum Gasteiger partial charge on any atom is -0.349 e. The number of rotatable bonds is 2. The van der Waals surface area contributed by atoms with Crippen LogP contribution < -0.4 is 5.32 Å². The van der Waals surface area contributed by atoms with Gasteiger partial charge in [-0.3, -0.25) is 0 Å². The van der Waals surface area contributed by atoms with Crippen molar-refractivity contribution in [2.24, 2.45) is 7.05 Å². The van der Waals surface area contributed by atoms with Crippen molar-refractivity contribution in [3.8, 4) is 0 Å². The molecule has 1 atom stereocenters. The van der Waals surface area contributed by atoms with Gasteiger partial charge in [0.1, 0.15) is 0 Å². The van der Waals surface area contributed by atoms with Gasteiger partial charge in [0.05, 0.1) is 6.04 Å². The summed E-state index contributed by atoms with van der Waals surface area (Å²) in [5, 5.41) is 3.50. The Balaban J connectivity index is 1.86. The summed E-state index contributed by atoms with van der Waals surface area (Å²) in [6, 6.07) is 9.06. The third-order valence-corrected chi connectivity index (χ3v) is 3.26. The highest BCUT2D eigenvalue weighted by Gasteiger charge is 2.22. The number of nitrogens with zero attached hydrogens (tertiary/aromatic N) is 2. The molecule has 3 rings (SSSR count). The smallest absolute Gasteiger partial charge is 0.202 e. The quantitative estimate of drug-likeness (QED) is 0.830. The van der Waals surface area contributed by atoms with Crippen LogP contribution in [0.3, 0.4) is 0 Å². The summed E-state index contributed by atoms with van der Waals surface area (Å²) in [6.07, 6.45) is 6.11. The Morgan fingerprint density at radius 1 is 1.38 bits per heavy atom. The molecule has 82 valence electrons. The van der Waals surface area contributed by atoms with Crippen molar-refractivity contribution >= 4 is 5.95 Å². The molecular formula is C13H15N3. The Morgan fingerprint density at radius 2 is 2.25 bits per heavy atom. The van der Waals surface area contributed by atoms with Crippen LogP contribution in [0.1, 0.15) is 23.6 Å². The zero-order valence-corrected chi connectivity index (χ0v) is 9.35. The summed E-state index contributed by atoms with van der Waals surface area (Å²) in [6.45, 7) is 0. The van der Waals surface area contributed by atoms with E-state index in [-0.39, 0.29) is 0 Å². The Kier molecular flexibility index (Phi) is 2.17. The Morgan fingerprint density at radius 3 is 3.06 bits per heavy atom. The molecule has 16 heavy (non-hydrogen) atoms. The van der Waals surface area contributed by atoms with Crippen molar-refractivity contribution in [1.82, 2.24) is 9.55 Å². The number of anilines is 1. The summed E-state index contributed by atoms with van der Waals surface area (Å²) in [4.78, 5) is 4.30. The van der Waals surface area contributed by atoms with E-state index in [9.17, 15) is 0 Å². The van der Waals surface area contributed by atoms with E-state index < -0.39 is 0 Å². The number of aryl methyl sites for hydroxylation is 2. The average Bonchev–Trinajstić information content (AvgIpc) is 2.88. The zero-order valence-electron chi connectivity index (χ0n) is 9.35. The molecule has 1 unspecified atom stereocenters. The maximum absolute atomic E-state index is 4.30. The first-order valence-corrected chi connectivity index (χ1v) is 5.66. The van der Waals surface area contributed by atoms with Gasteiger partial charge in [-0.05, 0) is 24.0 Å². The van der Waals surface area contributed by atoms with Crippen molar-refractivity contribution in [2.75, 3.05) is 5.32 Å². The van der Waals surface area contributed by atoms with Crippen LogP contribution in [0.15, 0.2) is 36.7 Å². The Labute approximate surface area is 95.1 Å². The molecule has 0 bridgehead atoms. The number of hydrogen-bond acceptors (Lipinski definition) is 2. The van der Waals surface area contributed by atoms with Crippen LogP contribution in [0.5, 0.6) is 0 Å². The highest BCUT2D eigenvalue weighted by Crippen LogP contribution is 2.32. The van der Waals surface area contributed by atoms with Crippen molar-refractivity contribution < 1.29 is 0 Å². The molecule has 0 radical (unpaired) electrons. The predicted molar refractivity (Wildman–Crippen MR) is 64.3 cm³/mol. The molecule has 1 heterocycles. The minimum absolute atomic E-state index is 0.414. The molecule has 1 aliphatic carbocycles. The molecule has 3 heteroatoms. The summed E-state index contributed by atoms with van der Waals surface area (Å²) >= 11 is 0. The van der Waals surface area contributed by atoms with Gasteiger partial charge >= 0.3 is 0 Å². The highest BCUT2D eigenvalue weighted by molar-refractivity contribution is 5.40. The number of nitrogens with one attached hydrogen (secondary N) is 1. The molecule has 1 aromatic carbocycles. The number of benzene rings is 1. The number of aromatic nitrogens is 2. The van der Waals surface area contributed by atoms with Crippen molar-refractivity contribution in [1.29, 1.82) is 0 Å². The van der Waals surface area contributed by atoms with Crippen LogP contribution in [-0.4, -0.2) is 9.55 Å². The van der Waals surface area contributed by atoms with Gasteiger partial charge < -0.3 is 9.88 Å². The van der Waals surface area contributed by atoms with Gasteiger partial charge in [-0.1, -0.05) is 24.3 Å². The summed E-state index contributed by atoms with van der Waals surface area (Å²) in [7, 11) is 2.01. The largest absolute Gasteiger partial charge is 0.349 e. The fourth-order valence-corrected chi connectivity index (χ4v) is 2.37. The lowest BCUT2D eigenvalue weighted by atomic mass is 10.1. The van der Waals surface area contributed by atoms with Crippen LogP contribution in [0, 0.1) is 0 Å². The molecular weight excluding hydrogens is 198 g/mol. The number of fused-ring (bicyclic) bond motifs is 1. The van der Waals surface area contributed by atoms with Crippen LogP contribution in [-0.2, 0) is 13.5 Å². The van der Waals surface area contributed by atoms with Crippen LogP contribution in [0.4, 0.5) is 5.95 Å². The van der Waals surface area contributed by atoms with Crippen molar-refractivity contribution in [2.45, 2.75) is 18.9 Å². The van der Waals surface area contributed by atoms with Gasteiger partial charge in [0.2, 0.25) is 5.95 Å². The highest BCUT2D eigenvalue weighted by atomic mass is 15.2. The second kappa shape index (κ2) is 3.67. The fraction of sp³-hybridized carbons (Fsp3) is 0.308. The zero-order chi connectivity index (χ0) is 11.0. The maximum Gasteiger partial charge on any atom is 0.202 e. The summed E-state index contributed by atoms with van der Waals surface area (Å²) < 4.78 is 2.01. The summed E-state index contributed by atoms with van der Waals surface area (Å²) in [5.74, 6) is 0.946. The fourth-order valence-electron chi connectivity index (χ4n) is 2.37. The van der Waals surface area contributed by atoms with E-state index in [0.717, 1.165) is 18.8 Å². The van der Waals surface area contributed by atoms with E-state index in [1.165, 1.54) is 11.1 Å². The molecule has 3 nitrogen and oxygen atoms in total. The first-order chi connectivity index (χ1) is 7.84. The second-order valence-corrected chi connectivity index (χ2v) is 4.30. The lowest BCUT2D eigenvalue weighted by Crippen LogP contribution is -2.10. The van der Waals surface area contributed by atoms with E-state index in [0.29, 0.717) is 6.04 Å². The normalized spacial score (nSPS) is 18.4. The number of hydrogen-bond donors (Lipinski definition) is 1. The van der Waals surface area contributed by atoms with E-state index >= 15 is 0 Å². The lowest BCUT2D eigenvalue weighted by molar-refractivity contribution is 0.739. The molecule has 0 amide bonds. The van der Waals surface area contributed by atoms with Gasteiger partial charge in [0.15, 0.2) is 0 Å². The molecule has 1 aromatic heterocycles. The topological polar surface area (TPSA) is 29.9 Å². The molecule has 0 fully saturated rings. The first-order valence-electron chi connectivity index (χ1n) is 5.66. The molecule has 0 aliphatic heterocycles. The Hall–Kier alpha value is -1.77. The molecule has 0 spiro atoms.